The highest BCUT2D eigenvalue weighted by molar-refractivity contribution is 14.1. The summed E-state index contributed by atoms with van der Waals surface area (Å²) in [6, 6.07) is 9.88. The number of fused-ring (bicyclic) bond motifs is 1. The molecular weight excluding hydrogens is 411 g/mol. The maximum Gasteiger partial charge on any atom is 0.104 e. The quantitative estimate of drug-likeness (QED) is 0.541. The first-order chi connectivity index (χ1) is 9.15. The number of anilines is 1. The second-order valence-corrected chi connectivity index (χ2v) is 7.83. The van der Waals surface area contributed by atoms with Gasteiger partial charge in [-0.05, 0) is 34.7 Å². The molecule has 1 N–H and O–H groups in total. The molecule has 0 saturated carbocycles. The van der Waals surface area contributed by atoms with Crippen molar-refractivity contribution in [1.82, 2.24) is 0 Å². The third-order valence-corrected chi connectivity index (χ3v) is 5.09. The SMILES string of the molecule is S=C1CN=C(c2ccccc2Cl)c2cc(I)sc2N1. The molecule has 96 valence electrons. The highest BCUT2D eigenvalue weighted by Crippen LogP contribution is 2.34. The third kappa shape index (κ3) is 2.69. The summed E-state index contributed by atoms with van der Waals surface area (Å²) in [6.45, 7) is 0.494. The van der Waals surface area contributed by atoms with E-state index < -0.39 is 0 Å². The summed E-state index contributed by atoms with van der Waals surface area (Å²) in [6.07, 6.45) is 0. The normalized spacial score (nSPS) is 14.4. The minimum atomic E-state index is 0.494. The lowest BCUT2D eigenvalue weighted by Crippen LogP contribution is -2.09. The van der Waals surface area contributed by atoms with Gasteiger partial charge in [0.2, 0.25) is 0 Å². The number of halogens is 2. The molecule has 1 aromatic carbocycles. The Labute approximate surface area is 139 Å². The third-order valence-electron chi connectivity index (χ3n) is 2.72. The van der Waals surface area contributed by atoms with Gasteiger partial charge in [-0.3, -0.25) is 4.99 Å². The Morgan fingerprint density at radius 1 is 1.32 bits per heavy atom. The number of hydrogen-bond donors (Lipinski definition) is 1. The van der Waals surface area contributed by atoms with Crippen molar-refractivity contribution in [2.75, 3.05) is 11.9 Å². The summed E-state index contributed by atoms with van der Waals surface area (Å²) in [5.74, 6) is 0. The number of nitrogens with one attached hydrogen (secondary N) is 1. The van der Waals surface area contributed by atoms with E-state index in [0.29, 0.717) is 11.6 Å². The molecule has 2 nitrogen and oxygen atoms in total. The highest BCUT2D eigenvalue weighted by atomic mass is 127. The Hall–Kier alpha value is -0.500. The molecule has 19 heavy (non-hydrogen) atoms. The van der Waals surface area contributed by atoms with Crippen molar-refractivity contribution in [3.63, 3.8) is 0 Å². The predicted molar refractivity (Wildman–Crippen MR) is 95.2 cm³/mol. The van der Waals surface area contributed by atoms with Crippen molar-refractivity contribution in [1.29, 1.82) is 0 Å². The maximum atomic E-state index is 6.29. The Morgan fingerprint density at radius 3 is 2.89 bits per heavy atom. The van der Waals surface area contributed by atoms with E-state index >= 15 is 0 Å². The van der Waals surface area contributed by atoms with Crippen LogP contribution in [-0.4, -0.2) is 17.2 Å². The van der Waals surface area contributed by atoms with Crippen LogP contribution in [-0.2, 0) is 0 Å². The van der Waals surface area contributed by atoms with Crippen LogP contribution in [0.15, 0.2) is 35.3 Å². The average molecular weight is 419 g/mol. The fraction of sp³-hybridized carbons (Fsp3) is 0.0769. The number of rotatable bonds is 1. The topological polar surface area (TPSA) is 24.4 Å². The van der Waals surface area contributed by atoms with Crippen LogP contribution >= 0.6 is 57.7 Å². The minimum Gasteiger partial charge on any atom is -0.340 e. The van der Waals surface area contributed by atoms with E-state index in [-0.39, 0.29) is 0 Å². The van der Waals surface area contributed by atoms with Gasteiger partial charge in [-0.1, -0.05) is 42.0 Å². The fourth-order valence-corrected chi connectivity index (χ4v) is 4.16. The number of thiophene rings is 1. The highest BCUT2D eigenvalue weighted by Gasteiger charge is 2.20. The molecule has 1 aromatic heterocycles. The van der Waals surface area contributed by atoms with Crippen LogP contribution in [0, 0.1) is 2.88 Å². The largest absolute Gasteiger partial charge is 0.340 e. The number of aliphatic imine (C=N–C) groups is 1. The zero-order valence-corrected chi connectivity index (χ0v) is 14.2. The van der Waals surface area contributed by atoms with Crippen molar-refractivity contribution in [2.24, 2.45) is 4.99 Å². The van der Waals surface area contributed by atoms with E-state index in [1.54, 1.807) is 11.3 Å². The van der Waals surface area contributed by atoms with Gasteiger partial charge in [0.1, 0.15) is 9.99 Å². The van der Waals surface area contributed by atoms with Crippen molar-refractivity contribution in [2.45, 2.75) is 0 Å². The van der Waals surface area contributed by atoms with Crippen LogP contribution in [0.1, 0.15) is 11.1 Å². The molecule has 1 aliphatic heterocycles. The summed E-state index contributed by atoms with van der Waals surface area (Å²) in [4.78, 5) is 5.36. The lowest BCUT2D eigenvalue weighted by atomic mass is 10.0. The zero-order chi connectivity index (χ0) is 13.4. The summed E-state index contributed by atoms with van der Waals surface area (Å²) in [5.41, 5.74) is 2.93. The Balaban J connectivity index is 2.20. The second-order valence-electron chi connectivity index (χ2n) is 3.99. The molecule has 0 atom stereocenters. The molecule has 1 aliphatic rings. The molecule has 0 saturated heterocycles. The summed E-state index contributed by atoms with van der Waals surface area (Å²) in [5, 5.41) is 5.01. The molecule has 0 bridgehead atoms. The van der Waals surface area contributed by atoms with E-state index in [0.717, 1.165) is 26.8 Å². The number of benzene rings is 1. The molecule has 0 radical (unpaired) electrons. The van der Waals surface area contributed by atoms with E-state index in [2.05, 4.69) is 39.0 Å². The molecule has 0 unspecified atom stereocenters. The van der Waals surface area contributed by atoms with Crippen molar-refractivity contribution < 1.29 is 0 Å². The van der Waals surface area contributed by atoms with Crippen LogP contribution in [0.4, 0.5) is 5.00 Å². The van der Waals surface area contributed by atoms with Gasteiger partial charge >= 0.3 is 0 Å². The fourth-order valence-electron chi connectivity index (χ4n) is 1.92. The zero-order valence-electron chi connectivity index (χ0n) is 9.61. The van der Waals surface area contributed by atoms with E-state index in [1.165, 1.54) is 2.88 Å². The van der Waals surface area contributed by atoms with E-state index in [1.807, 2.05) is 24.3 Å². The van der Waals surface area contributed by atoms with E-state index in [4.69, 9.17) is 23.8 Å². The first-order valence-corrected chi connectivity index (χ1v) is 8.22. The van der Waals surface area contributed by atoms with Gasteiger partial charge in [-0.25, -0.2) is 0 Å². The Bertz CT molecular complexity index is 694. The number of thiocarbonyl (C=S) groups is 1. The van der Waals surface area contributed by atoms with Crippen LogP contribution in [0.3, 0.4) is 0 Å². The first kappa shape index (κ1) is 13.5. The van der Waals surface area contributed by atoms with E-state index in [9.17, 15) is 0 Å². The molecule has 0 amide bonds. The lowest BCUT2D eigenvalue weighted by Gasteiger charge is -2.07. The van der Waals surface area contributed by atoms with Crippen molar-refractivity contribution in [3.05, 3.63) is 49.4 Å². The summed E-state index contributed by atoms with van der Waals surface area (Å²) < 4.78 is 1.19. The van der Waals surface area contributed by atoms with Crippen LogP contribution in [0.5, 0.6) is 0 Å². The Kier molecular flexibility index (Phi) is 3.88. The van der Waals surface area contributed by atoms with Crippen LogP contribution in [0.25, 0.3) is 0 Å². The summed E-state index contributed by atoms with van der Waals surface area (Å²) >= 11 is 15.5. The van der Waals surface area contributed by atoms with Gasteiger partial charge in [-0.15, -0.1) is 11.3 Å². The molecule has 2 heterocycles. The number of hydrogen-bond acceptors (Lipinski definition) is 3. The van der Waals surface area contributed by atoms with Gasteiger partial charge in [0, 0.05) is 16.1 Å². The van der Waals surface area contributed by atoms with Crippen molar-refractivity contribution in [3.8, 4) is 0 Å². The van der Waals surface area contributed by atoms with Gasteiger partial charge < -0.3 is 5.32 Å². The second kappa shape index (κ2) is 5.47. The molecule has 6 heteroatoms. The monoisotopic (exact) mass is 418 g/mol. The first-order valence-electron chi connectivity index (χ1n) is 5.54. The maximum absolute atomic E-state index is 6.29. The molecule has 3 rings (SSSR count). The number of nitrogens with zero attached hydrogens (tertiary/aromatic N) is 1. The predicted octanol–water partition coefficient (Wildman–Crippen LogP) is 4.60. The Morgan fingerprint density at radius 2 is 2.11 bits per heavy atom. The average Bonchev–Trinajstić information content (AvgIpc) is 2.65. The van der Waals surface area contributed by atoms with Gasteiger partial charge in [0.15, 0.2) is 0 Å². The molecule has 0 aliphatic carbocycles. The van der Waals surface area contributed by atoms with Gasteiger partial charge in [0.25, 0.3) is 0 Å². The van der Waals surface area contributed by atoms with Gasteiger partial charge in [-0.2, -0.15) is 0 Å². The molecule has 0 fully saturated rings. The minimum absolute atomic E-state index is 0.494. The van der Waals surface area contributed by atoms with Crippen LogP contribution < -0.4 is 5.32 Å². The molecule has 0 spiro atoms. The van der Waals surface area contributed by atoms with Gasteiger partial charge in [0.05, 0.1) is 15.1 Å². The molecular formula is C13H8ClIN2S2. The van der Waals surface area contributed by atoms with Crippen molar-refractivity contribution >= 4 is 73.4 Å². The summed E-state index contributed by atoms with van der Waals surface area (Å²) in [7, 11) is 0. The lowest BCUT2D eigenvalue weighted by molar-refractivity contribution is 1.31. The van der Waals surface area contributed by atoms with Crippen LogP contribution in [0.2, 0.25) is 5.02 Å². The standard InChI is InChI=1S/C13H8ClIN2S2/c14-9-4-2-1-3-7(9)12-8-5-10(15)19-13(8)17-11(18)6-16-12/h1-5H,6H2,(H,17,18). The molecule has 2 aromatic rings. The smallest absolute Gasteiger partial charge is 0.104 e.